The van der Waals surface area contributed by atoms with Gasteiger partial charge in [-0.05, 0) is 19.1 Å². The van der Waals surface area contributed by atoms with Crippen LogP contribution in [-0.4, -0.2) is 36.0 Å². The van der Waals surface area contributed by atoms with E-state index in [4.69, 9.17) is 0 Å². The van der Waals surface area contributed by atoms with Crippen LogP contribution < -0.4 is 5.32 Å². The number of sulfone groups is 1. The number of anilines is 1. The molecule has 0 bridgehead atoms. The fraction of sp³-hybridized carbons (Fsp3) is 0.417. The predicted molar refractivity (Wildman–Crippen MR) is 73.5 cm³/mol. The van der Waals surface area contributed by atoms with Crippen molar-refractivity contribution in [2.75, 3.05) is 17.3 Å². The maximum absolute atomic E-state index is 11.2. The molecule has 2 rings (SSSR count). The highest BCUT2D eigenvalue weighted by Gasteiger charge is 2.13. The summed E-state index contributed by atoms with van der Waals surface area (Å²) in [4.78, 5) is 4.44. The Morgan fingerprint density at radius 1 is 1.39 bits per heavy atom. The minimum Gasteiger partial charge on any atom is -0.352 e. The monoisotopic (exact) mass is 267 g/mol. The van der Waals surface area contributed by atoms with Crippen LogP contribution >= 0.6 is 0 Å². The molecule has 0 aliphatic heterocycles. The lowest BCUT2D eigenvalue weighted by atomic mass is 10.3. The number of rotatable bonds is 4. The van der Waals surface area contributed by atoms with Crippen LogP contribution in [0.2, 0.25) is 0 Å². The summed E-state index contributed by atoms with van der Waals surface area (Å²) in [5.41, 5.74) is 1.92. The van der Waals surface area contributed by atoms with Crippen LogP contribution in [0.4, 0.5) is 5.95 Å². The highest BCUT2D eigenvalue weighted by molar-refractivity contribution is 7.90. The minimum absolute atomic E-state index is 0.0935. The van der Waals surface area contributed by atoms with Crippen molar-refractivity contribution in [1.82, 2.24) is 9.55 Å². The average molecular weight is 267 g/mol. The second kappa shape index (κ2) is 4.61. The zero-order chi connectivity index (χ0) is 13.3. The zero-order valence-corrected chi connectivity index (χ0v) is 11.5. The molecule has 1 unspecified atom stereocenters. The molecule has 0 fully saturated rings. The third-order valence-electron chi connectivity index (χ3n) is 2.72. The van der Waals surface area contributed by atoms with Gasteiger partial charge in [0.2, 0.25) is 5.95 Å². The van der Waals surface area contributed by atoms with E-state index in [1.807, 2.05) is 42.8 Å². The number of nitrogens with zero attached hydrogens (tertiary/aromatic N) is 2. The number of hydrogen-bond donors (Lipinski definition) is 1. The molecule has 98 valence electrons. The summed E-state index contributed by atoms with van der Waals surface area (Å²) >= 11 is 0. The molecule has 1 N–H and O–H groups in total. The topological polar surface area (TPSA) is 64.0 Å². The summed E-state index contributed by atoms with van der Waals surface area (Å²) in [5.74, 6) is 0.781. The van der Waals surface area contributed by atoms with E-state index in [-0.39, 0.29) is 11.8 Å². The second-order valence-electron chi connectivity index (χ2n) is 4.62. The van der Waals surface area contributed by atoms with E-state index >= 15 is 0 Å². The number of benzene rings is 1. The Kier molecular flexibility index (Phi) is 3.30. The highest BCUT2D eigenvalue weighted by Crippen LogP contribution is 2.18. The Morgan fingerprint density at radius 2 is 2.06 bits per heavy atom. The second-order valence-corrected chi connectivity index (χ2v) is 6.81. The van der Waals surface area contributed by atoms with Gasteiger partial charge in [0.15, 0.2) is 0 Å². The van der Waals surface area contributed by atoms with Crippen molar-refractivity contribution >= 4 is 26.8 Å². The van der Waals surface area contributed by atoms with Crippen LogP contribution in [0, 0.1) is 0 Å². The molecule has 2 aromatic rings. The van der Waals surface area contributed by atoms with Gasteiger partial charge in [0.25, 0.3) is 0 Å². The van der Waals surface area contributed by atoms with Crippen molar-refractivity contribution in [3.05, 3.63) is 24.3 Å². The molecule has 0 saturated heterocycles. The van der Waals surface area contributed by atoms with E-state index in [1.165, 1.54) is 6.26 Å². The summed E-state index contributed by atoms with van der Waals surface area (Å²) in [6.45, 7) is 1.83. The molecule has 0 aliphatic rings. The Morgan fingerprint density at radius 3 is 2.67 bits per heavy atom. The molecule has 0 saturated carbocycles. The number of fused-ring (bicyclic) bond motifs is 1. The third-order valence-corrected chi connectivity index (χ3v) is 3.82. The van der Waals surface area contributed by atoms with Crippen LogP contribution in [0.25, 0.3) is 11.0 Å². The summed E-state index contributed by atoms with van der Waals surface area (Å²) in [6.07, 6.45) is 1.24. The molecule has 5 nitrogen and oxygen atoms in total. The number of hydrogen-bond acceptors (Lipinski definition) is 4. The van der Waals surface area contributed by atoms with Gasteiger partial charge in [0.05, 0.1) is 16.8 Å². The van der Waals surface area contributed by atoms with Gasteiger partial charge >= 0.3 is 0 Å². The first kappa shape index (κ1) is 12.9. The smallest absolute Gasteiger partial charge is 0.203 e. The van der Waals surface area contributed by atoms with E-state index in [9.17, 15) is 8.42 Å². The van der Waals surface area contributed by atoms with Crippen LogP contribution in [0.1, 0.15) is 6.92 Å². The van der Waals surface area contributed by atoms with Crippen molar-refractivity contribution in [1.29, 1.82) is 0 Å². The van der Waals surface area contributed by atoms with Gasteiger partial charge in [-0.25, -0.2) is 13.4 Å². The molecule has 0 spiro atoms. The molecular formula is C12H17N3O2S. The first-order chi connectivity index (χ1) is 8.37. The summed E-state index contributed by atoms with van der Waals surface area (Å²) in [7, 11) is -1.08. The van der Waals surface area contributed by atoms with E-state index in [0.717, 1.165) is 11.0 Å². The highest BCUT2D eigenvalue weighted by atomic mass is 32.2. The van der Waals surface area contributed by atoms with Crippen LogP contribution in [-0.2, 0) is 16.9 Å². The SMILES string of the molecule is CC(CS(C)(=O)=O)Nc1nc2ccccc2n1C. The van der Waals surface area contributed by atoms with E-state index in [0.29, 0.717) is 5.95 Å². The van der Waals surface area contributed by atoms with Gasteiger partial charge in [-0.3, -0.25) is 0 Å². The molecule has 18 heavy (non-hydrogen) atoms. The number of nitrogens with one attached hydrogen (secondary N) is 1. The van der Waals surface area contributed by atoms with Crippen LogP contribution in [0.3, 0.4) is 0 Å². The molecule has 0 amide bonds. The largest absolute Gasteiger partial charge is 0.352 e. The summed E-state index contributed by atoms with van der Waals surface area (Å²) < 4.78 is 24.4. The van der Waals surface area contributed by atoms with Gasteiger partial charge in [0, 0.05) is 19.3 Å². The molecule has 1 aromatic heterocycles. The average Bonchev–Trinajstić information content (AvgIpc) is 2.54. The van der Waals surface area contributed by atoms with Crippen molar-refractivity contribution in [3.63, 3.8) is 0 Å². The summed E-state index contributed by atoms with van der Waals surface area (Å²) in [6, 6.07) is 7.62. The molecular weight excluding hydrogens is 250 g/mol. The standard InChI is InChI=1S/C12H17N3O2S/c1-9(8-18(3,16)17)13-12-14-10-6-4-5-7-11(10)15(12)2/h4-7,9H,8H2,1-3H3,(H,13,14). The van der Waals surface area contributed by atoms with E-state index < -0.39 is 9.84 Å². The molecule has 6 heteroatoms. The summed E-state index contributed by atoms with van der Waals surface area (Å²) in [5, 5.41) is 3.13. The van der Waals surface area contributed by atoms with Crippen molar-refractivity contribution in [3.8, 4) is 0 Å². The van der Waals surface area contributed by atoms with Gasteiger partial charge < -0.3 is 9.88 Å². The first-order valence-electron chi connectivity index (χ1n) is 5.72. The number of para-hydroxylation sites is 2. The molecule has 0 aliphatic carbocycles. The number of aromatic nitrogens is 2. The van der Waals surface area contributed by atoms with Crippen LogP contribution in [0.5, 0.6) is 0 Å². The van der Waals surface area contributed by atoms with Crippen LogP contribution in [0.15, 0.2) is 24.3 Å². The van der Waals surface area contributed by atoms with Crippen molar-refractivity contribution in [2.24, 2.45) is 7.05 Å². The number of aryl methyl sites for hydroxylation is 1. The van der Waals surface area contributed by atoms with Gasteiger partial charge in [-0.1, -0.05) is 12.1 Å². The lowest BCUT2D eigenvalue weighted by Crippen LogP contribution is -2.26. The lowest BCUT2D eigenvalue weighted by molar-refractivity contribution is 0.597. The quantitative estimate of drug-likeness (QED) is 0.910. The van der Waals surface area contributed by atoms with Crippen molar-refractivity contribution in [2.45, 2.75) is 13.0 Å². The number of imidazole rings is 1. The molecule has 0 radical (unpaired) electrons. The van der Waals surface area contributed by atoms with E-state index in [2.05, 4.69) is 10.3 Å². The van der Waals surface area contributed by atoms with Gasteiger partial charge in [-0.15, -0.1) is 0 Å². The Bertz CT molecular complexity index is 661. The maximum atomic E-state index is 11.2. The van der Waals surface area contributed by atoms with Gasteiger partial charge in [-0.2, -0.15) is 0 Å². The van der Waals surface area contributed by atoms with Crippen molar-refractivity contribution < 1.29 is 8.42 Å². The first-order valence-corrected chi connectivity index (χ1v) is 7.78. The van der Waals surface area contributed by atoms with Gasteiger partial charge in [0.1, 0.15) is 9.84 Å². The Labute approximate surface area is 107 Å². The predicted octanol–water partition coefficient (Wildman–Crippen LogP) is 1.42. The maximum Gasteiger partial charge on any atom is 0.203 e. The molecule has 1 aromatic carbocycles. The molecule has 1 atom stereocenters. The fourth-order valence-corrected chi connectivity index (χ4v) is 2.98. The van der Waals surface area contributed by atoms with E-state index in [1.54, 1.807) is 0 Å². The lowest BCUT2D eigenvalue weighted by Gasteiger charge is -2.13. The third kappa shape index (κ3) is 2.81. The normalized spacial score (nSPS) is 13.7. The molecule has 1 heterocycles. The Balaban J connectivity index is 2.24. The Hall–Kier alpha value is -1.56. The zero-order valence-electron chi connectivity index (χ0n) is 10.7. The minimum atomic E-state index is -2.99. The fourth-order valence-electron chi connectivity index (χ4n) is 1.99.